The standard InChI is InChI=1S/C20H24N4O5.C2H4O2/c1-11-14-5-4-13(27-3)8-17(14)28-19(11)20(26)22-15-9-24(7-6-16(15)25)10-18-21-12(2)23-29-18;1-2(3)4/h4-5,8,15-16,25H,6-7,9-10H2,1-3H3,(H,22,26);1H3,(H,3,4)/t15-,16+;/m1./s1. The Morgan fingerprint density at radius 2 is 2.06 bits per heavy atom. The number of piperidine rings is 1. The van der Waals surface area contributed by atoms with Gasteiger partial charge in [-0.15, -0.1) is 0 Å². The van der Waals surface area contributed by atoms with E-state index in [1.165, 1.54) is 0 Å². The monoisotopic (exact) mass is 460 g/mol. The van der Waals surface area contributed by atoms with Crippen molar-refractivity contribution in [3.05, 3.63) is 41.2 Å². The molecule has 1 amide bonds. The van der Waals surface area contributed by atoms with E-state index in [-0.39, 0.29) is 11.7 Å². The number of aliphatic hydroxyl groups is 1. The van der Waals surface area contributed by atoms with Gasteiger partial charge in [-0.05, 0) is 32.4 Å². The minimum absolute atomic E-state index is 0.241. The van der Waals surface area contributed by atoms with Gasteiger partial charge >= 0.3 is 0 Å². The molecule has 1 fully saturated rings. The molecule has 1 saturated heterocycles. The Kier molecular flexibility index (Phi) is 7.67. The average Bonchev–Trinajstić information content (AvgIpc) is 3.32. The predicted octanol–water partition coefficient (Wildman–Crippen LogP) is 1.90. The second kappa shape index (κ2) is 10.5. The van der Waals surface area contributed by atoms with Gasteiger partial charge < -0.3 is 29.2 Å². The normalized spacial score (nSPS) is 18.5. The second-order valence-electron chi connectivity index (χ2n) is 7.84. The first-order valence-corrected chi connectivity index (χ1v) is 10.4. The van der Waals surface area contributed by atoms with Crippen LogP contribution < -0.4 is 10.1 Å². The number of ether oxygens (including phenoxy) is 1. The molecule has 4 rings (SSSR count). The van der Waals surface area contributed by atoms with Crippen LogP contribution in [0.3, 0.4) is 0 Å². The Morgan fingerprint density at radius 1 is 1.33 bits per heavy atom. The minimum Gasteiger partial charge on any atom is -0.497 e. The molecule has 0 bridgehead atoms. The fourth-order valence-corrected chi connectivity index (χ4v) is 3.67. The molecular weight excluding hydrogens is 432 g/mol. The van der Waals surface area contributed by atoms with Gasteiger partial charge in [-0.1, -0.05) is 5.16 Å². The van der Waals surface area contributed by atoms with Gasteiger partial charge in [0.1, 0.15) is 11.3 Å². The zero-order chi connectivity index (χ0) is 24.1. The molecule has 2 aromatic heterocycles. The number of benzene rings is 1. The van der Waals surface area contributed by atoms with Gasteiger partial charge in [0.15, 0.2) is 11.6 Å². The summed E-state index contributed by atoms with van der Waals surface area (Å²) in [5.41, 5.74) is 1.34. The number of aryl methyl sites for hydroxylation is 2. The number of aliphatic hydroxyl groups excluding tert-OH is 1. The third kappa shape index (κ3) is 6.08. The number of hydrogen-bond donors (Lipinski definition) is 3. The van der Waals surface area contributed by atoms with Crippen molar-refractivity contribution in [1.82, 2.24) is 20.4 Å². The third-order valence-electron chi connectivity index (χ3n) is 5.26. The molecule has 11 nitrogen and oxygen atoms in total. The van der Waals surface area contributed by atoms with E-state index >= 15 is 0 Å². The van der Waals surface area contributed by atoms with Gasteiger partial charge in [0.05, 0.1) is 25.8 Å². The maximum Gasteiger partial charge on any atom is 0.300 e. The fraction of sp³-hybridized carbons (Fsp3) is 0.455. The Bertz CT molecular complexity index is 1120. The number of carbonyl (C=O) groups excluding carboxylic acids is 1. The van der Waals surface area contributed by atoms with Crippen LogP contribution in [-0.4, -0.2) is 69.5 Å². The van der Waals surface area contributed by atoms with Gasteiger partial charge in [-0.3, -0.25) is 14.5 Å². The van der Waals surface area contributed by atoms with E-state index in [9.17, 15) is 9.90 Å². The van der Waals surface area contributed by atoms with Crippen LogP contribution in [0.2, 0.25) is 0 Å². The highest BCUT2D eigenvalue weighted by Gasteiger charge is 2.31. The minimum atomic E-state index is -0.833. The van der Waals surface area contributed by atoms with Gasteiger partial charge in [0.25, 0.3) is 11.9 Å². The van der Waals surface area contributed by atoms with E-state index in [1.54, 1.807) is 20.1 Å². The smallest absolute Gasteiger partial charge is 0.300 e. The summed E-state index contributed by atoms with van der Waals surface area (Å²) < 4.78 is 16.2. The van der Waals surface area contributed by atoms with E-state index in [4.69, 9.17) is 23.6 Å². The van der Waals surface area contributed by atoms with Crippen molar-refractivity contribution in [2.45, 2.75) is 45.9 Å². The summed E-state index contributed by atoms with van der Waals surface area (Å²) in [6.07, 6.45) is -0.0987. The number of carboxylic acids is 1. The van der Waals surface area contributed by atoms with E-state index in [0.717, 1.165) is 17.9 Å². The molecule has 1 aliphatic rings. The Hall–Kier alpha value is -3.44. The zero-order valence-corrected chi connectivity index (χ0v) is 19.0. The molecule has 0 aliphatic carbocycles. The number of carboxylic acid groups (broad SMARTS) is 1. The van der Waals surface area contributed by atoms with Crippen LogP contribution in [0.1, 0.15) is 41.2 Å². The number of hydrogen-bond acceptors (Lipinski definition) is 9. The van der Waals surface area contributed by atoms with Gasteiger partial charge in [0.2, 0.25) is 5.89 Å². The topological polar surface area (TPSA) is 151 Å². The molecule has 0 spiro atoms. The molecule has 1 aromatic carbocycles. The van der Waals surface area contributed by atoms with Crippen LogP contribution in [0.25, 0.3) is 11.0 Å². The first-order chi connectivity index (χ1) is 15.7. The second-order valence-corrected chi connectivity index (χ2v) is 7.84. The van der Waals surface area contributed by atoms with Crippen LogP contribution in [-0.2, 0) is 11.3 Å². The van der Waals surface area contributed by atoms with E-state index < -0.39 is 18.1 Å². The molecule has 3 heterocycles. The molecule has 33 heavy (non-hydrogen) atoms. The summed E-state index contributed by atoms with van der Waals surface area (Å²) in [4.78, 5) is 28.1. The lowest BCUT2D eigenvalue weighted by Gasteiger charge is -2.35. The number of aliphatic carboxylic acids is 1. The first kappa shape index (κ1) is 24.2. The van der Waals surface area contributed by atoms with Crippen LogP contribution in [0.4, 0.5) is 0 Å². The quantitative estimate of drug-likeness (QED) is 0.515. The fourth-order valence-electron chi connectivity index (χ4n) is 3.67. The molecule has 3 N–H and O–H groups in total. The number of rotatable bonds is 5. The number of nitrogens with one attached hydrogen (secondary N) is 1. The summed E-state index contributed by atoms with van der Waals surface area (Å²) in [7, 11) is 1.58. The van der Waals surface area contributed by atoms with Crippen LogP contribution in [0.5, 0.6) is 5.75 Å². The van der Waals surface area contributed by atoms with E-state index in [2.05, 4.69) is 20.4 Å². The van der Waals surface area contributed by atoms with E-state index in [1.807, 2.05) is 19.1 Å². The SMILES string of the molecule is CC(=O)O.COc1ccc2c(C)c(C(=O)N[C@@H]3CN(Cc4nc(C)no4)CC[C@@H]3O)oc2c1. The summed E-state index contributed by atoms with van der Waals surface area (Å²) in [5.74, 6) is 0.819. The first-order valence-electron chi connectivity index (χ1n) is 10.4. The van der Waals surface area contributed by atoms with Gasteiger partial charge in [-0.25, -0.2) is 0 Å². The zero-order valence-electron chi connectivity index (χ0n) is 19.0. The lowest BCUT2D eigenvalue weighted by molar-refractivity contribution is -0.134. The highest BCUT2D eigenvalue weighted by atomic mass is 16.5. The lowest BCUT2D eigenvalue weighted by atomic mass is 10.0. The summed E-state index contributed by atoms with van der Waals surface area (Å²) >= 11 is 0. The molecule has 0 unspecified atom stereocenters. The maximum atomic E-state index is 12.9. The lowest BCUT2D eigenvalue weighted by Crippen LogP contribution is -2.54. The summed E-state index contributed by atoms with van der Waals surface area (Å²) in [5, 5.41) is 25.4. The number of aromatic nitrogens is 2. The van der Waals surface area contributed by atoms with Crippen molar-refractivity contribution in [3.8, 4) is 5.75 Å². The molecular formula is C22H28N4O7. The van der Waals surface area contributed by atoms with Crippen LogP contribution in [0, 0.1) is 13.8 Å². The number of furan rings is 1. The molecule has 1 aliphatic heterocycles. The third-order valence-corrected chi connectivity index (χ3v) is 5.26. The van der Waals surface area contributed by atoms with E-state index in [0.29, 0.717) is 49.1 Å². The number of nitrogens with zero attached hydrogens (tertiary/aromatic N) is 3. The summed E-state index contributed by atoms with van der Waals surface area (Å²) in [6.45, 7) is 6.32. The van der Waals surface area contributed by atoms with Crippen molar-refractivity contribution in [2.24, 2.45) is 0 Å². The Balaban J connectivity index is 0.000000709. The Morgan fingerprint density at radius 3 is 2.70 bits per heavy atom. The highest BCUT2D eigenvalue weighted by molar-refractivity contribution is 5.99. The molecule has 178 valence electrons. The summed E-state index contributed by atoms with van der Waals surface area (Å²) in [6, 6.07) is 5.02. The van der Waals surface area contributed by atoms with Crippen molar-refractivity contribution < 1.29 is 33.5 Å². The van der Waals surface area contributed by atoms with Crippen molar-refractivity contribution >= 4 is 22.8 Å². The highest BCUT2D eigenvalue weighted by Crippen LogP contribution is 2.28. The van der Waals surface area contributed by atoms with Crippen molar-refractivity contribution in [3.63, 3.8) is 0 Å². The number of fused-ring (bicyclic) bond motifs is 1. The number of amides is 1. The number of carbonyl (C=O) groups is 2. The Labute approximate surface area is 190 Å². The van der Waals surface area contributed by atoms with Crippen molar-refractivity contribution in [1.29, 1.82) is 0 Å². The molecule has 0 saturated carbocycles. The molecule has 3 aromatic rings. The van der Waals surface area contributed by atoms with Gasteiger partial charge in [-0.2, -0.15) is 4.98 Å². The van der Waals surface area contributed by atoms with Gasteiger partial charge in [0, 0.05) is 37.0 Å². The molecule has 11 heteroatoms. The number of methoxy groups -OCH3 is 1. The van der Waals surface area contributed by atoms with Crippen LogP contribution in [0.15, 0.2) is 27.1 Å². The average molecular weight is 460 g/mol. The number of likely N-dealkylation sites (tertiary alicyclic amines) is 1. The molecule has 0 radical (unpaired) electrons. The predicted molar refractivity (Wildman–Crippen MR) is 117 cm³/mol. The largest absolute Gasteiger partial charge is 0.497 e. The van der Waals surface area contributed by atoms with Crippen LogP contribution >= 0.6 is 0 Å². The molecule has 2 atom stereocenters. The van der Waals surface area contributed by atoms with Crippen molar-refractivity contribution in [2.75, 3.05) is 20.2 Å². The maximum absolute atomic E-state index is 12.9.